The van der Waals surface area contributed by atoms with Crippen LogP contribution < -0.4 is 0 Å². The van der Waals surface area contributed by atoms with E-state index in [1.54, 1.807) is 32.2 Å². The summed E-state index contributed by atoms with van der Waals surface area (Å²) in [5.74, 6) is -0.958. The average molecular weight is 234 g/mol. The Bertz CT molecular complexity index is 453. The number of rotatable bonds is 5. The highest BCUT2D eigenvalue weighted by Crippen LogP contribution is 2.15. The van der Waals surface area contributed by atoms with E-state index in [1.165, 1.54) is 12.4 Å². The summed E-state index contributed by atoms with van der Waals surface area (Å²) in [5, 5.41) is 12.7. The van der Waals surface area contributed by atoms with Crippen molar-refractivity contribution in [2.75, 3.05) is 7.05 Å². The number of hydrogen-bond donors (Lipinski definition) is 1. The smallest absolute Gasteiger partial charge is 0.336 e. The second kappa shape index (κ2) is 6.42. The summed E-state index contributed by atoms with van der Waals surface area (Å²) in [5.41, 5.74) is 1.58. The van der Waals surface area contributed by atoms with E-state index in [1.807, 2.05) is 0 Å². The molecule has 0 aliphatic carbocycles. The predicted octanol–water partition coefficient (Wildman–Crippen LogP) is 1.90. The largest absolute Gasteiger partial charge is 0.478 e. The van der Waals surface area contributed by atoms with Crippen molar-refractivity contribution in [2.45, 2.75) is 13.5 Å². The summed E-state index contributed by atoms with van der Waals surface area (Å²) in [6.45, 7) is 1.87. The van der Waals surface area contributed by atoms with Gasteiger partial charge in [0.1, 0.15) is 6.61 Å². The van der Waals surface area contributed by atoms with Crippen molar-refractivity contribution in [1.82, 2.24) is 0 Å². The van der Waals surface area contributed by atoms with E-state index in [2.05, 4.69) is 10.1 Å². The van der Waals surface area contributed by atoms with Crippen LogP contribution in [0.3, 0.4) is 0 Å². The molecule has 17 heavy (non-hydrogen) atoms. The standard InChI is InChI=1S/C12H14N2O3/c1-9-4-3-5-10(11(9)12(15)16)8-17-14-7-6-13-2/h3-7H,8H2,1-2H3,(H,15,16). The van der Waals surface area contributed by atoms with Crippen molar-refractivity contribution in [1.29, 1.82) is 0 Å². The third kappa shape index (κ3) is 3.71. The minimum absolute atomic E-state index is 0.122. The van der Waals surface area contributed by atoms with Gasteiger partial charge in [0.15, 0.2) is 0 Å². The second-order valence-electron chi connectivity index (χ2n) is 3.35. The number of carbonyl (C=O) groups is 1. The zero-order valence-corrected chi connectivity index (χ0v) is 9.75. The summed E-state index contributed by atoms with van der Waals surface area (Å²) in [7, 11) is 1.62. The first-order chi connectivity index (χ1) is 8.16. The molecule has 0 aliphatic heterocycles. The fraction of sp³-hybridized carbons (Fsp3) is 0.250. The Labute approximate surface area is 99.4 Å². The number of aliphatic imine (C=N–C) groups is 1. The quantitative estimate of drug-likeness (QED) is 0.624. The Morgan fingerprint density at radius 1 is 1.47 bits per heavy atom. The van der Waals surface area contributed by atoms with Gasteiger partial charge in [0.05, 0.1) is 11.8 Å². The maximum Gasteiger partial charge on any atom is 0.336 e. The molecule has 5 heteroatoms. The van der Waals surface area contributed by atoms with Gasteiger partial charge in [0.2, 0.25) is 0 Å². The van der Waals surface area contributed by atoms with Crippen LogP contribution in [0.5, 0.6) is 0 Å². The minimum Gasteiger partial charge on any atom is -0.478 e. The van der Waals surface area contributed by atoms with Crippen molar-refractivity contribution >= 4 is 18.4 Å². The van der Waals surface area contributed by atoms with E-state index in [0.717, 1.165) is 0 Å². The van der Waals surface area contributed by atoms with Gasteiger partial charge in [0, 0.05) is 18.8 Å². The number of oxime groups is 1. The zero-order chi connectivity index (χ0) is 12.7. The Morgan fingerprint density at radius 2 is 2.24 bits per heavy atom. The molecule has 0 heterocycles. The molecule has 0 aromatic heterocycles. The van der Waals surface area contributed by atoms with Gasteiger partial charge in [-0.2, -0.15) is 0 Å². The molecule has 0 fully saturated rings. The van der Waals surface area contributed by atoms with Crippen LogP contribution in [0.15, 0.2) is 28.3 Å². The van der Waals surface area contributed by atoms with Crippen molar-refractivity contribution in [3.05, 3.63) is 34.9 Å². The highest BCUT2D eigenvalue weighted by atomic mass is 16.6. The van der Waals surface area contributed by atoms with E-state index in [4.69, 9.17) is 9.94 Å². The number of carboxylic acids is 1. The average Bonchev–Trinajstić information content (AvgIpc) is 2.28. The van der Waals surface area contributed by atoms with E-state index < -0.39 is 5.97 Å². The Morgan fingerprint density at radius 3 is 2.88 bits per heavy atom. The SMILES string of the molecule is CN=CC=NOCc1cccc(C)c1C(=O)O. The zero-order valence-electron chi connectivity index (χ0n) is 9.75. The molecule has 1 rings (SSSR count). The van der Waals surface area contributed by atoms with E-state index >= 15 is 0 Å². The van der Waals surface area contributed by atoms with Gasteiger partial charge in [-0.05, 0) is 12.5 Å². The van der Waals surface area contributed by atoms with Crippen molar-refractivity contribution in [3.63, 3.8) is 0 Å². The van der Waals surface area contributed by atoms with E-state index in [0.29, 0.717) is 11.1 Å². The molecule has 0 spiro atoms. The third-order valence-corrected chi connectivity index (χ3v) is 2.14. The highest BCUT2D eigenvalue weighted by molar-refractivity contribution is 6.15. The third-order valence-electron chi connectivity index (χ3n) is 2.14. The molecule has 0 radical (unpaired) electrons. The van der Waals surface area contributed by atoms with Crippen LogP contribution >= 0.6 is 0 Å². The molecule has 0 atom stereocenters. The fourth-order valence-electron chi connectivity index (χ4n) is 1.40. The summed E-state index contributed by atoms with van der Waals surface area (Å²) in [6.07, 6.45) is 2.88. The van der Waals surface area contributed by atoms with Gasteiger partial charge in [-0.1, -0.05) is 23.4 Å². The monoisotopic (exact) mass is 234 g/mol. The Hall–Kier alpha value is -2.17. The molecular weight excluding hydrogens is 220 g/mol. The number of aryl methyl sites for hydroxylation is 1. The Balaban J connectivity index is 2.77. The molecule has 0 saturated heterocycles. The molecule has 0 amide bonds. The number of benzene rings is 1. The lowest BCUT2D eigenvalue weighted by Gasteiger charge is -2.07. The first kappa shape index (κ1) is 12.9. The van der Waals surface area contributed by atoms with E-state index in [-0.39, 0.29) is 12.2 Å². The van der Waals surface area contributed by atoms with Gasteiger partial charge >= 0.3 is 5.97 Å². The molecule has 0 unspecified atom stereocenters. The van der Waals surface area contributed by atoms with Crippen molar-refractivity contribution in [3.8, 4) is 0 Å². The van der Waals surface area contributed by atoms with Crippen LogP contribution in [0.2, 0.25) is 0 Å². The van der Waals surface area contributed by atoms with Crippen LogP contribution in [0.1, 0.15) is 21.5 Å². The number of hydrogen-bond acceptors (Lipinski definition) is 4. The molecule has 1 aromatic rings. The van der Waals surface area contributed by atoms with Crippen LogP contribution in [0, 0.1) is 6.92 Å². The van der Waals surface area contributed by atoms with E-state index in [9.17, 15) is 4.79 Å². The topological polar surface area (TPSA) is 71.2 Å². The van der Waals surface area contributed by atoms with Gasteiger partial charge in [-0.3, -0.25) is 4.99 Å². The summed E-state index contributed by atoms with van der Waals surface area (Å²) < 4.78 is 0. The lowest BCUT2D eigenvalue weighted by atomic mass is 10.0. The molecular formula is C12H14N2O3. The summed E-state index contributed by atoms with van der Waals surface area (Å²) in [4.78, 5) is 19.7. The van der Waals surface area contributed by atoms with Crippen LogP contribution in [0.25, 0.3) is 0 Å². The number of nitrogens with zero attached hydrogens (tertiary/aromatic N) is 2. The second-order valence-corrected chi connectivity index (χ2v) is 3.35. The van der Waals surface area contributed by atoms with Crippen LogP contribution in [0.4, 0.5) is 0 Å². The van der Waals surface area contributed by atoms with Gasteiger partial charge < -0.3 is 9.94 Å². The molecule has 0 bridgehead atoms. The molecule has 0 aliphatic rings. The molecule has 0 saturated carbocycles. The van der Waals surface area contributed by atoms with Crippen molar-refractivity contribution < 1.29 is 14.7 Å². The van der Waals surface area contributed by atoms with Gasteiger partial charge in [-0.25, -0.2) is 4.79 Å². The lowest BCUT2D eigenvalue weighted by Crippen LogP contribution is -2.05. The fourth-order valence-corrected chi connectivity index (χ4v) is 1.40. The molecule has 90 valence electrons. The summed E-state index contributed by atoms with van der Waals surface area (Å²) in [6, 6.07) is 5.25. The predicted molar refractivity (Wildman–Crippen MR) is 65.8 cm³/mol. The maximum absolute atomic E-state index is 11.1. The number of aromatic carboxylic acids is 1. The highest BCUT2D eigenvalue weighted by Gasteiger charge is 2.12. The molecule has 1 N–H and O–H groups in total. The minimum atomic E-state index is -0.958. The van der Waals surface area contributed by atoms with Crippen molar-refractivity contribution in [2.24, 2.45) is 10.1 Å². The number of carboxylic acid groups (broad SMARTS) is 1. The van der Waals surface area contributed by atoms with Crippen LogP contribution in [-0.4, -0.2) is 30.6 Å². The first-order valence-electron chi connectivity index (χ1n) is 5.04. The first-order valence-corrected chi connectivity index (χ1v) is 5.04. The lowest BCUT2D eigenvalue weighted by molar-refractivity contribution is 0.0687. The molecule has 5 nitrogen and oxygen atoms in total. The Kier molecular flexibility index (Phi) is 4.87. The normalized spacial score (nSPS) is 11.2. The summed E-state index contributed by atoms with van der Waals surface area (Å²) >= 11 is 0. The van der Waals surface area contributed by atoms with Gasteiger partial charge in [-0.15, -0.1) is 0 Å². The van der Waals surface area contributed by atoms with Crippen LogP contribution in [-0.2, 0) is 11.4 Å². The van der Waals surface area contributed by atoms with Gasteiger partial charge in [0.25, 0.3) is 0 Å². The maximum atomic E-state index is 11.1. The molecule has 1 aromatic carbocycles.